The number of rotatable bonds is 4. The number of aromatic nitrogens is 3. The van der Waals surface area contributed by atoms with E-state index in [4.69, 9.17) is 4.52 Å². The maximum absolute atomic E-state index is 11.6. The molecule has 0 radical (unpaired) electrons. The van der Waals surface area contributed by atoms with Crippen LogP contribution in [0.5, 0.6) is 0 Å². The number of pyridine rings is 1. The molecule has 0 saturated heterocycles. The third kappa shape index (κ3) is 2.42. The number of nitrogens with zero attached hydrogens (tertiary/aromatic N) is 3. The van der Waals surface area contributed by atoms with Gasteiger partial charge in [-0.3, -0.25) is 4.79 Å². The molecule has 0 aromatic carbocycles. The van der Waals surface area contributed by atoms with Crippen LogP contribution in [0.2, 0.25) is 0 Å². The van der Waals surface area contributed by atoms with Crippen molar-refractivity contribution in [2.45, 2.75) is 20.0 Å². The zero-order chi connectivity index (χ0) is 12.3. The van der Waals surface area contributed by atoms with Gasteiger partial charge >= 0.3 is 0 Å². The molecule has 2 aromatic rings. The molecule has 2 aromatic heterocycles. The van der Waals surface area contributed by atoms with Gasteiger partial charge in [0.05, 0.1) is 6.54 Å². The molecule has 0 fully saturated rings. The van der Waals surface area contributed by atoms with Crippen molar-refractivity contribution in [3.8, 4) is 11.4 Å². The van der Waals surface area contributed by atoms with Crippen LogP contribution in [0.3, 0.4) is 0 Å². The zero-order valence-electron chi connectivity index (χ0n) is 9.80. The van der Waals surface area contributed by atoms with E-state index in [0.717, 1.165) is 0 Å². The standard InChI is InChI=1S/C11H14N4O2/c1-3-15-5-4-8(6-10(15)16)11-13-9(7-12-2)17-14-11/h4-6,12H,3,7H2,1-2H3. The predicted octanol–water partition coefficient (Wildman–Crippen LogP) is 0.638. The van der Waals surface area contributed by atoms with Gasteiger partial charge in [-0.05, 0) is 20.0 Å². The summed E-state index contributed by atoms with van der Waals surface area (Å²) >= 11 is 0. The van der Waals surface area contributed by atoms with Crippen LogP contribution in [0.1, 0.15) is 12.8 Å². The van der Waals surface area contributed by atoms with E-state index in [1.165, 1.54) is 6.07 Å². The van der Waals surface area contributed by atoms with E-state index < -0.39 is 0 Å². The highest BCUT2D eigenvalue weighted by molar-refractivity contribution is 5.52. The SMILES string of the molecule is CCn1ccc(-c2noc(CNC)n2)cc1=O. The monoisotopic (exact) mass is 234 g/mol. The first-order valence-corrected chi connectivity index (χ1v) is 5.42. The Morgan fingerprint density at radius 1 is 1.53 bits per heavy atom. The molecule has 0 saturated carbocycles. The minimum absolute atomic E-state index is 0.0648. The van der Waals surface area contributed by atoms with Crippen molar-refractivity contribution in [2.75, 3.05) is 7.05 Å². The number of aryl methyl sites for hydroxylation is 1. The first-order chi connectivity index (χ1) is 8.24. The Bertz CT molecular complexity index is 559. The third-order valence-corrected chi connectivity index (χ3v) is 2.39. The quantitative estimate of drug-likeness (QED) is 0.840. The molecular formula is C11H14N4O2. The van der Waals surface area contributed by atoms with Gasteiger partial charge in [0.15, 0.2) is 0 Å². The summed E-state index contributed by atoms with van der Waals surface area (Å²) in [4.78, 5) is 15.8. The van der Waals surface area contributed by atoms with Crippen LogP contribution in [-0.2, 0) is 13.1 Å². The second kappa shape index (κ2) is 4.92. The van der Waals surface area contributed by atoms with E-state index in [1.54, 1.807) is 23.9 Å². The van der Waals surface area contributed by atoms with Crippen molar-refractivity contribution >= 4 is 0 Å². The number of nitrogens with one attached hydrogen (secondary N) is 1. The zero-order valence-corrected chi connectivity index (χ0v) is 9.80. The molecule has 90 valence electrons. The first-order valence-electron chi connectivity index (χ1n) is 5.42. The molecule has 0 unspecified atom stereocenters. The lowest BCUT2D eigenvalue weighted by molar-refractivity contribution is 0.372. The second-order valence-electron chi connectivity index (χ2n) is 3.58. The van der Waals surface area contributed by atoms with Gasteiger partial charge in [0.1, 0.15) is 0 Å². The lowest BCUT2D eigenvalue weighted by Gasteiger charge is -2.00. The van der Waals surface area contributed by atoms with Crippen LogP contribution in [0.15, 0.2) is 27.6 Å². The van der Waals surface area contributed by atoms with Gasteiger partial charge in [0, 0.05) is 24.4 Å². The summed E-state index contributed by atoms with van der Waals surface area (Å²) in [5.41, 5.74) is 0.607. The van der Waals surface area contributed by atoms with Crippen LogP contribution in [-0.4, -0.2) is 21.8 Å². The maximum Gasteiger partial charge on any atom is 0.251 e. The van der Waals surface area contributed by atoms with Gasteiger partial charge in [0.25, 0.3) is 5.56 Å². The Morgan fingerprint density at radius 3 is 3.00 bits per heavy atom. The largest absolute Gasteiger partial charge is 0.338 e. The Labute approximate surface area is 98.3 Å². The van der Waals surface area contributed by atoms with Crippen molar-refractivity contribution in [1.82, 2.24) is 20.0 Å². The third-order valence-electron chi connectivity index (χ3n) is 2.39. The summed E-state index contributed by atoms with van der Waals surface area (Å²) in [5.74, 6) is 0.942. The van der Waals surface area contributed by atoms with Gasteiger partial charge in [-0.15, -0.1) is 0 Å². The van der Waals surface area contributed by atoms with Crippen LogP contribution >= 0.6 is 0 Å². The molecule has 17 heavy (non-hydrogen) atoms. The van der Waals surface area contributed by atoms with E-state index in [1.807, 2.05) is 6.92 Å². The lowest BCUT2D eigenvalue weighted by atomic mass is 10.2. The molecule has 2 rings (SSSR count). The molecule has 0 aliphatic rings. The van der Waals surface area contributed by atoms with Crippen molar-refractivity contribution in [3.63, 3.8) is 0 Å². The van der Waals surface area contributed by atoms with Gasteiger partial charge in [-0.1, -0.05) is 5.16 Å². The minimum atomic E-state index is -0.0648. The Kier molecular flexibility index (Phi) is 3.34. The van der Waals surface area contributed by atoms with Crippen LogP contribution in [0.4, 0.5) is 0 Å². The lowest BCUT2D eigenvalue weighted by Crippen LogP contribution is -2.17. The summed E-state index contributed by atoms with van der Waals surface area (Å²) in [6, 6.07) is 3.32. The van der Waals surface area contributed by atoms with E-state index in [2.05, 4.69) is 15.5 Å². The fraction of sp³-hybridized carbons (Fsp3) is 0.364. The van der Waals surface area contributed by atoms with Gasteiger partial charge in [0.2, 0.25) is 11.7 Å². The minimum Gasteiger partial charge on any atom is -0.338 e. The molecule has 0 aliphatic heterocycles. The van der Waals surface area contributed by atoms with Crippen molar-refractivity contribution in [2.24, 2.45) is 0 Å². The fourth-order valence-corrected chi connectivity index (χ4v) is 1.50. The molecule has 0 atom stereocenters. The number of hydrogen-bond donors (Lipinski definition) is 1. The van der Waals surface area contributed by atoms with E-state index >= 15 is 0 Å². The van der Waals surface area contributed by atoms with Crippen molar-refractivity contribution < 1.29 is 4.52 Å². The van der Waals surface area contributed by atoms with E-state index in [-0.39, 0.29) is 5.56 Å². The van der Waals surface area contributed by atoms with Crippen LogP contribution in [0, 0.1) is 0 Å². The van der Waals surface area contributed by atoms with E-state index in [9.17, 15) is 4.79 Å². The maximum atomic E-state index is 11.6. The Hall–Kier alpha value is -1.95. The second-order valence-corrected chi connectivity index (χ2v) is 3.58. The summed E-state index contributed by atoms with van der Waals surface area (Å²) in [5, 5.41) is 6.74. The molecule has 6 heteroatoms. The molecule has 0 amide bonds. The molecule has 6 nitrogen and oxygen atoms in total. The average Bonchev–Trinajstić information content (AvgIpc) is 2.78. The normalized spacial score (nSPS) is 10.7. The number of hydrogen-bond acceptors (Lipinski definition) is 5. The highest BCUT2D eigenvalue weighted by atomic mass is 16.5. The van der Waals surface area contributed by atoms with Gasteiger partial charge < -0.3 is 14.4 Å². The predicted molar refractivity (Wildman–Crippen MR) is 62.4 cm³/mol. The highest BCUT2D eigenvalue weighted by Crippen LogP contribution is 2.12. The molecule has 0 aliphatic carbocycles. The van der Waals surface area contributed by atoms with E-state index in [0.29, 0.717) is 30.4 Å². The molecule has 0 spiro atoms. The smallest absolute Gasteiger partial charge is 0.251 e. The summed E-state index contributed by atoms with van der Waals surface area (Å²) in [6.45, 7) is 3.08. The molecule has 1 N–H and O–H groups in total. The summed E-state index contributed by atoms with van der Waals surface area (Å²) in [6.07, 6.45) is 1.73. The Balaban J connectivity index is 2.32. The summed E-state index contributed by atoms with van der Waals surface area (Å²) < 4.78 is 6.63. The highest BCUT2D eigenvalue weighted by Gasteiger charge is 2.08. The Morgan fingerprint density at radius 2 is 2.35 bits per heavy atom. The van der Waals surface area contributed by atoms with Crippen LogP contribution < -0.4 is 10.9 Å². The molecule has 2 heterocycles. The molecule has 0 bridgehead atoms. The van der Waals surface area contributed by atoms with Crippen molar-refractivity contribution in [1.29, 1.82) is 0 Å². The first kappa shape index (κ1) is 11.5. The van der Waals surface area contributed by atoms with Gasteiger partial charge in [-0.2, -0.15) is 4.98 Å². The molecular weight excluding hydrogens is 220 g/mol. The van der Waals surface area contributed by atoms with Crippen molar-refractivity contribution in [3.05, 3.63) is 34.6 Å². The average molecular weight is 234 g/mol. The van der Waals surface area contributed by atoms with Crippen LogP contribution in [0.25, 0.3) is 11.4 Å². The fourth-order valence-electron chi connectivity index (χ4n) is 1.50. The summed E-state index contributed by atoms with van der Waals surface area (Å²) in [7, 11) is 1.80. The topological polar surface area (TPSA) is 73.0 Å². The van der Waals surface area contributed by atoms with Gasteiger partial charge in [-0.25, -0.2) is 0 Å².